The SMILES string of the molecule is Cc1ccc(C(C)C)c(OCC(O)CNCc2ccccc2)c1.Cl. The molecule has 0 amide bonds. The van der Waals surface area contributed by atoms with Crippen LogP contribution in [0.1, 0.15) is 36.5 Å². The van der Waals surface area contributed by atoms with Gasteiger partial charge in [0.15, 0.2) is 0 Å². The van der Waals surface area contributed by atoms with Gasteiger partial charge in [-0.15, -0.1) is 12.4 Å². The summed E-state index contributed by atoms with van der Waals surface area (Å²) in [6, 6.07) is 16.4. The van der Waals surface area contributed by atoms with Gasteiger partial charge < -0.3 is 15.2 Å². The van der Waals surface area contributed by atoms with Gasteiger partial charge >= 0.3 is 0 Å². The quantitative estimate of drug-likeness (QED) is 0.754. The fourth-order valence-electron chi connectivity index (χ4n) is 2.47. The summed E-state index contributed by atoms with van der Waals surface area (Å²) in [7, 11) is 0. The van der Waals surface area contributed by atoms with E-state index < -0.39 is 6.10 Å². The minimum atomic E-state index is -0.528. The van der Waals surface area contributed by atoms with Crippen molar-refractivity contribution in [2.75, 3.05) is 13.2 Å². The molecule has 0 aromatic heterocycles. The summed E-state index contributed by atoms with van der Waals surface area (Å²) in [5.74, 6) is 1.28. The van der Waals surface area contributed by atoms with E-state index >= 15 is 0 Å². The third-order valence-electron chi connectivity index (χ3n) is 3.77. The number of hydrogen-bond acceptors (Lipinski definition) is 3. The largest absolute Gasteiger partial charge is 0.491 e. The molecule has 0 aliphatic carbocycles. The van der Waals surface area contributed by atoms with Gasteiger partial charge in [-0.2, -0.15) is 0 Å². The Morgan fingerprint density at radius 1 is 1.08 bits per heavy atom. The molecule has 0 aliphatic rings. The van der Waals surface area contributed by atoms with E-state index in [1.165, 1.54) is 16.7 Å². The second kappa shape index (κ2) is 10.3. The number of aliphatic hydroxyl groups is 1. The van der Waals surface area contributed by atoms with Crippen LogP contribution in [0, 0.1) is 6.92 Å². The molecule has 1 unspecified atom stereocenters. The molecule has 2 rings (SSSR count). The van der Waals surface area contributed by atoms with Crippen LogP contribution in [0.25, 0.3) is 0 Å². The minimum Gasteiger partial charge on any atom is -0.491 e. The Balaban J connectivity index is 0.00000288. The van der Waals surface area contributed by atoms with Crippen molar-refractivity contribution in [2.24, 2.45) is 0 Å². The third-order valence-corrected chi connectivity index (χ3v) is 3.77. The van der Waals surface area contributed by atoms with Crippen LogP contribution < -0.4 is 10.1 Å². The first-order valence-electron chi connectivity index (χ1n) is 8.22. The Bertz CT molecular complexity index is 602. The van der Waals surface area contributed by atoms with Gasteiger partial charge in [-0.25, -0.2) is 0 Å². The molecule has 0 fully saturated rings. The third kappa shape index (κ3) is 6.52. The molecule has 4 heteroatoms. The average molecular weight is 350 g/mol. The van der Waals surface area contributed by atoms with Crippen LogP contribution in [0.4, 0.5) is 0 Å². The lowest BCUT2D eigenvalue weighted by Gasteiger charge is -2.17. The predicted octanol–water partition coefficient (Wildman–Crippen LogP) is 4.07. The van der Waals surface area contributed by atoms with Gasteiger partial charge in [0, 0.05) is 13.1 Å². The van der Waals surface area contributed by atoms with Crippen LogP contribution in [-0.4, -0.2) is 24.4 Å². The lowest BCUT2D eigenvalue weighted by molar-refractivity contribution is 0.105. The molecular formula is C20H28ClNO2. The molecule has 1 atom stereocenters. The van der Waals surface area contributed by atoms with Crippen molar-refractivity contribution in [3.8, 4) is 5.75 Å². The smallest absolute Gasteiger partial charge is 0.123 e. The van der Waals surface area contributed by atoms with Crippen molar-refractivity contribution in [3.63, 3.8) is 0 Å². The number of nitrogens with one attached hydrogen (secondary N) is 1. The predicted molar refractivity (Wildman–Crippen MR) is 102 cm³/mol. The highest BCUT2D eigenvalue weighted by Crippen LogP contribution is 2.27. The van der Waals surface area contributed by atoms with E-state index in [0.29, 0.717) is 19.1 Å². The molecule has 2 N–H and O–H groups in total. The van der Waals surface area contributed by atoms with Gasteiger partial charge in [0.05, 0.1) is 0 Å². The standard InChI is InChI=1S/C20H27NO2.ClH/c1-15(2)19-10-9-16(3)11-20(19)23-14-18(22)13-21-12-17-7-5-4-6-8-17;/h4-11,15,18,21-22H,12-14H2,1-3H3;1H. The summed E-state index contributed by atoms with van der Waals surface area (Å²) in [6.07, 6.45) is -0.528. The summed E-state index contributed by atoms with van der Waals surface area (Å²) in [5.41, 5.74) is 3.56. The number of benzene rings is 2. The van der Waals surface area contributed by atoms with Crippen molar-refractivity contribution in [3.05, 3.63) is 65.2 Å². The fourth-order valence-corrected chi connectivity index (χ4v) is 2.47. The van der Waals surface area contributed by atoms with Gasteiger partial charge in [0.1, 0.15) is 18.5 Å². The van der Waals surface area contributed by atoms with E-state index in [-0.39, 0.29) is 12.4 Å². The van der Waals surface area contributed by atoms with Crippen molar-refractivity contribution in [1.29, 1.82) is 0 Å². The molecule has 0 heterocycles. The summed E-state index contributed by atoms with van der Waals surface area (Å²) >= 11 is 0. The Morgan fingerprint density at radius 2 is 1.79 bits per heavy atom. The van der Waals surface area contributed by atoms with Crippen molar-refractivity contribution >= 4 is 12.4 Å². The van der Waals surface area contributed by atoms with E-state index in [1.807, 2.05) is 24.3 Å². The minimum absolute atomic E-state index is 0. The highest BCUT2D eigenvalue weighted by molar-refractivity contribution is 5.85. The van der Waals surface area contributed by atoms with Crippen molar-refractivity contribution < 1.29 is 9.84 Å². The topological polar surface area (TPSA) is 41.5 Å². The van der Waals surface area contributed by atoms with Crippen LogP contribution in [0.3, 0.4) is 0 Å². The summed E-state index contributed by atoms with van der Waals surface area (Å²) in [4.78, 5) is 0. The van der Waals surface area contributed by atoms with E-state index in [1.54, 1.807) is 0 Å². The average Bonchev–Trinajstić information content (AvgIpc) is 2.53. The Labute approximate surface area is 151 Å². The number of rotatable bonds is 8. The highest BCUT2D eigenvalue weighted by Gasteiger charge is 2.10. The highest BCUT2D eigenvalue weighted by atomic mass is 35.5. The molecule has 24 heavy (non-hydrogen) atoms. The molecule has 2 aromatic rings. The second-order valence-corrected chi connectivity index (χ2v) is 6.28. The zero-order valence-corrected chi connectivity index (χ0v) is 15.5. The number of aryl methyl sites for hydroxylation is 1. The van der Waals surface area contributed by atoms with Gasteiger partial charge in [-0.05, 0) is 35.6 Å². The molecule has 3 nitrogen and oxygen atoms in total. The second-order valence-electron chi connectivity index (χ2n) is 6.28. The molecule has 0 spiro atoms. The lowest BCUT2D eigenvalue weighted by atomic mass is 10.0. The normalized spacial score (nSPS) is 11.9. The van der Waals surface area contributed by atoms with Crippen LogP contribution in [0.5, 0.6) is 5.75 Å². The van der Waals surface area contributed by atoms with Crippen molar-refractivity contribution in [2.45, 2.75) is 39.3 Å². The number of hydrogen-bond donors (Lipinski definition) is 2. The zero-order valence-electron chi connectivity index (χ0n) is 14.7. The van der Waals surface area contributed by atoms with Crippen LogP contribution in [0.2, 0.25) is 0 Å². The van der Waals surface area contributed by atoms with E-state index in [0.717, 1.165) is 12.3 Å². The number of aliphatic hydroxyl groups excluding tert-OH is 1. The molecule has 0 saturated heterocycles. The lowest BCUT2D eigenvalue weighted by Crippen LogP contribution is -2.31. The molecule has 0 radical (unpaired) electrons. The molecular weight excluding hydrogens is 322 g/mol. The van der Waals surface area contributed by atoms with E-state index in [4.69, 9.17) is 4.74 Å². The molecule has 2 aromatic carbocycles. The molecule has 0 aliphatic heterocycles. The molecule has 132 valence electrons. The molecule has 0 bridgehead atoms. The van der Waals surface area contributed by atoms with Gasteiger partial charge in [0.2, 0.25) is 0 Å². The maximum absolute atomic E-state index is 10.1. The fraction of sp³-hybridized carbons (Fsp3) is 0.400. The summed E-state index contributed by atoms with van der Waals surface area (Å²) in [5, 5.41) is 13.4. The maximum atomic E-state index is 10.1. The number of halogens is 1. The van der Waals surface area contributed by atoms with Gasteiger partial charge in [0.25, 0.3) is 0 Å². The molecule has 0 saturated carbocycles. The van der Waals surface area contributed by atoms with Crippen LogP contribution in [-0.2, 0) is 6.54 Å². The van der Waals surface area contributed by atoms with E-state index in [2.05, 4.69) is 50.4 Å². The first-order valence-corrected chi connectivity index (χ1v) is 8.22. The first kappa shape index (κ1) is 20.5. The Morgan fingerprint density at radius 3 is 2.46 bits per heavy atom. The van der Waals surface area contributed by atoms with E-state index in [9.17, 15) is 5.11 Å². The summed E-state index contributed by atoms with van der Waals surface area (Å²) < 4.78 is 5.85. The van der Waals surface area contributed by atoms with Crippen molar-refractivity contribution in [1.82, 2.24) is 5.32 Å². The first-order chi connectivity index (χ1) is 11.1. The van der Waals surface area contributed by atoms with Crippen LogP contribution in [0.15, 0.2) is 48.5 Å². The monoisotopic (exact) mass is 349 g/mol. The zero-order chi connectivity index (χ0) is 16.7. The number of ether oxygens (including phenoxy) is 1. The van der Waals surface area contributed by atoms with Gasteiger partial charge in [-0.3, -0.25) is 0 Å². The maximum Gasteiger partial charge on any atom is 0.123 e. The van der Waals surface area contributed by atoms with Crippen LogP contribution >= 0.6 is 12.4 Å². The summed E-state index contributed by atoms with van der Waals surface area (Å²) in [6.45, 7) is 7.90. The Kier molecular flexibility index (Phi) is 8.83. The van der Waals surface area contributed by atoms with Gasteiger partial charge in [-0.1, -0.05) is 56.3 Å². The Hall–Kier alpha value is -1.55.